The number of carbonyl (C=O) groups is 2. The normalized spacial score (nSPS) is 22.5. The van der Waals surface area contributed by atoms with E-state index in [-0.39, 0.29) is 16.9 Å². The average Bonchev–Trinajstić information content (AvgIpc) is 2.61. The molecule has 2 aromatic rings. The molecule has 1 atom stereocenters. The minimum atomic E-state index is -1.19. The summed E-state index contributed by atoms with van der Waals surface area (Å²) in [5, 5.41) is 2.89. The van der Waals surface area contributed by atoms with Crippen LogP contribution in [0, 0.1) is 12.3 Å². The van der Waals surface area contributed by atoms with Gasteiger partial charge in [0.05, 0.1) is 5.69 Å². The Balaban J connectivity index is 1.81. The van der Waals surface area contributed by atoms with Gasteiger partial charge in [-0.1, -0.05) is 35.9 Å². The number of carbonyl (C=O) groups excluding carboxylic acids is 2. The molecule has 1 N–H and O–H groups in total. The Morgan fingerprint density at radius 1 is 1.12 bits per heavy atom. The first-order valence-electron chi connectivity index (χ1n) is 8.48. The van der Waals surface area contributed by atoms with Gasteiger partial charge in [-0.05, 0) is 49.3 Å². The topological polar surface area (TPSA) is 52.7 Å². The van der Waals surface area contributed by atoms with Crippen molar-refractivity contribution in [3.05, 3.63) is 59.7 Å². The Morgan fingerprint density at radius 2 is 1.85 bits per heavy atom. The first-order valence-corrected chi connectivity index (χ1v) is 8.89. The van der Waals surface area contributed by atoms with Crippen LogP contribution in [0.3, 0.4) is 0 Å². The Bertz CT molecular complexity index is 928. The number of amides is 2. The number of hydrogen-bond acceptors (Lipinski definition) is 4. The smallest absolute Gasteiger partial charge is 0.251 e. The molecule has 5 nitrogen and oxygen atoms in total. The van der Waals surface area contributed by atoms with Gasteiger partial charge in [-0.25, -0.2) is 0 Å². The van der Waals surface area contributed by atoms with E-state index in [1.807, 2.05) is 67.4 Å². The van der Waals surface area contributed by atoms with Gasteiger partial charge in [-0.2, -0.15) is 0 Å². The van der Waals surface area contributed by atoms with Crippen molar-refractivity contribution in [3.63, 3.8) is 0 Å². The van der Waals surface area contributed by atoms with Crippen LogP contribution in [0.1, 0.15) is 11.1 Å². The molecule has 0 radical (unpaired) electrons. The van der Waals surface area contributed by atoms with Gasteiger partial charge in [0.15, 0.2) is 10.5 Å². The summed E-state index contributed by atoms with van der Waals surface area (Å²) >= 11 is 5.30. The third kappa shape index (κ3) is 2.41. The largest absolute Gasteiger partial charge is 0.373 e. The van der Waals surface area contributed by atoms with E-state index in [2.05, 4.69) is 5.32 Å². The molecule has 132 valence electrons. The van der Waals surface area contributed by atoms with Crippen LogP contribution < -0.4 is 15.1 Å². The number of hydrogen-bond donors (Lipinski definition) is 1. The minimum absolute atomic E-state index is 0.134. The standard InChI is InChI=1S/C20H19N3O2S/c1-13-8-9-16-14(10-13)11-20(12-22(16)2)17(24)21-19(26)23(18(20)25)15-6-4-3-5-7-15/h3-10H,11-12H2,1-2H3,(H,21,24,26)/t20-/m0/s1. The Kier molecular flexibility index (Phi) is 3.80. The zero-order chi connectivity index (χ0) is 18.5. The first kappa shape index (κ1) is 16.7. The summed E-state index contributed by atoms with van der Waals surface area (Å²) in [4.78, 5) is 29.9. The van der Waals surface area contributed by atoms with E-state index < -0.39 is 5.41 Å². The molecule has 2 aromatic carbocycles. The van der Waals surface area contributed by atoms with Gasteiger partial charge in [-0.15, -0.1) is 0 Å². The fourth-order valence-corrected chi connectivity index (χ4v) is 4.16. The number of rotatable bonds is 1. The van der Waals surface area contributed by atoms with Crippen molar-refractivity contribution in [2.75, 3.05) is 23.4 Å². The molecule has 0 aliphatic carbocycles. The first-order chi connectivity index (χ1) is 12.4. The van der Waals surface area contributed by atoms with Gasteiger partial charge in [0.2, 0.25) is 5.91 Å². The minimum Gasteiger partial charge on any atom is -0.373 e. The van der Waals surface area contributed by atoms with E-state index in [0.717, 1.165) is 16.8 Å². The number of nitrogens with one attached hydrogen (secondary N) is 1. The predicted molar refractivity (Wildman–Crippen MR) is 105 cm³/mol. The summed E-state index contributed by atoms with van der Waals surface area (Å²) in [7, 11) is 1.91. The maximum Gasteiger partial charge on any atom is 0.251 e. The molecule has 0 bridgehead atoms. The highest BCUT2D eigenvalue weighted by Gasteiger charge is 2.55. The van der Waals surface area contributed by atoms with Crippen LogP contribution in [0.2, 0.25) is 0 Å². The number of benzene rings is 2. The molecular weight excluding hydrogens is 346 g/mol. The van der Waals surface area contributed by atoms with Crippen LogP contribution >= 0.6 is 12.2 Å². The molecule has 6 heteroatoms. The molecule has 0 aromatic heterocycles. The zero-order valence-electron chi connectivity index (χ0n) is 14.7. The summed E-state index contributed by atoms with van der Waals surface area (Å²) in [5.74, 6) is -0.588. The number of nitrogens with zero attached hydrogens (tertiary/aromatic N) is 2. The number of thiocarbonyl (C=S) groups is 1. The van der Waals surface area contributed by atoms with Crippen molar-refractivity contribution in [1.29, 1.82) is 0 Å². The Hall–Kier alpha value is -2.73. The van der Waals surface area contributed by atoms with E-state index in [9.17, 15) is 9.59 Å². The fourth-order valence-electron chi connectivity index (χ4n) is 3.88. The molecule has 2 aliphatic rings. The highest BCUT2D eigenvalue weighted by molar-refractivity contribution is 7.80. The summed E-state index contributed by atoms with van der Waals surface area (Å²) in [6.07, 6.45) is 0.366. The van der Waals surface area contributed by atoms with E-state index >= 15 is 0 Å². The van der Waals surface area contributed by atoms with Crippen LogP contribution in [-0.4, -0.2) is 30.5 Å². The van der Waals surface area contributed by atoms with Crippen LogP contribution in [-0.2, 0) is 16.0 Å². The average molecular weight is 365 g/mol. The highest BCUT2D eigenvalue weighted by Crippen LogP contribution is 2.40. The summed E-state index contributed by atoms with van der Waals surface area (Å²) in [6, 6.07) is 15.3. The second kappa shape index (κ2) is 5.92. The highest BCUT2D eigenvalue weighted by atomic mass is 32.1. The third-order valence-corrected chi connectivity index (χ3v) is 5.42. The maximum absolute atomic E-state index is 13.5. The van der Waals surface area contributed by atoms with Crippen molar-refractivity contribution < 1.29 is 9.59 Å². The summed E-state index contributed by atoms with van der Waals surface area (Å²) in [5.41, 5.74) is 2.64. The van der Waals surface area contributed by atoms with Gasteiger partial charge in [-0.3, -0.25) is 14.5 Å². The van der Waals surface area contributed by atoms with Crippen LogP contribution in [0.15, 0.2) is 48.5 Å². The molecule has 1 saturated heterocycles. The van der Waals surface area contributed by atoms with E-state index in [1.165, 1.54) is 4.90 Å². The molecule has 2 amide bonds. The lowest BCUT2D eigenvalue weighted by Crippen LogP contribution is -2.68. The SMILES string of the molecule is Cc1ccc2c(c1)C[C@]1(CN2C)C(=O)NC(=S)N(c2ccccc2)C1=O. The quantitative estimate of drug-likeness (QED) is 0.623. The molecular formula is C20H19N3O2S. The van der Waals surface area contributed by atoms with E-state index in [4.69, 9.17) is 12.2 Å². The second-order valence-corrected chi connectivity index (χ2v) is 7.37. The van der Waals surface area contributed by atoms with Crippen molar-refractivity contribution in [2.45, 2.75) is 13.3 Å². The van der Waals surface area contributed by atoms with Gasteiger partial charge < -0.3 is 10.2 Å². The van der Waals surface area contributed by atoms with E-state index in [1.54, 1.807) is 0 Å². The molecule has 2 heterocycles. The predicted octanol–water partition coefficient (Wildman–Crippen LogP) is 2.42. The molecule has 1 fully saturated rings. The van der Waals surface area contributed by atoms with Gasteiger partial charge in [0.1, 0.15) is 0 Å². The number of aryl methyl sites for hydroxylation is 1. The molecule has 2 aliphatic heterocycles. The zero-order valence-corrected chi connectivity index (χ0v) is 15.5. The number of anilines is 2. The lowest BCUT2D eigenvalue weighted by Gasteiger charge is -2.46. The van der Waals surface area contributed by atoms with Gasteiger partial charge in [0.25, 0.3) is 5.91 Å². The second-order valence-electron chi connectivity index (χ2n) is 6.98. The van der Waals surface area contributed by atoms with Crippen LogP contribution in [0.5, 0.6) is 0 Å². The maximum atomic E-state index is 13.5. The molecule has 0 saturated carbocycles. The van der Waals surface area contributed by atoms with Crippen molar-refractivity contribution in [3.8, 4) is 0 Å². The van der Waals surface area contributed by atoms with Crippen molar-refractivity contribution in [2.24, 2.45) is 5.41 Å². The van der Waals surface area contributed by atoms with E-state index in [0.29, 0.717) is 18.7 Å². The lowest BCUT2D eigenvalue weighted by atomic mass is 9.74. The Labute approximate surface area is 157 Å². The number of fused-ring (bicyclic) bond motifs is 1. The van der Waals surface area contributed by atoms with Crippen molar-refractivity contribution >= 4 is 40.5 Å². The molecule has 1 spiro atoms. The fraction of sp³-hybridized carbons (Fsp3) is 0.250. The van der Waals surface area contributed by atoms with Crippen LogP contribution in [0.25, 0.3) is 0 Å². The number of para-hydroxylation sites is 1. The Morgan fingerprint density at radius 3 is 2.58 bits per heavy atom. The van der Waals surface area contributed by atoms with Crippen LogP contribution in [0.4, 0.5) is 11.4 Å². The third-order valence-electron chi connectivity index (χ3n) is 5.13. The summed E-state index contributed by atoms with van der Waals surface area (Å²) < 4.78 is 0. The van der Waals surface area contributed by atoms with Gasteiger partial charge in [0, 0.05) is 19.3 Å². The monoisotopic (exact) mass is 365 g/mol. The molecule has 26 heavy (non-hydrogen) atoms. The van der Waals surface area contributed by atoms with Crippen molar-refractivity contribution in [1.82, 2.24) is 5.32 Å². The summed E-state index contributed by atoms with van der Waals surface area (Å²) in [6.45, 7) is 2.33. The molecule has 4 rings (SSSR count). The lowest BCUT2D eigenvalue weighted by molar-refractivity contribution is -0.141. The van der Waals surface area contributed by atoms with Gasteiger partial charge >= 0.3 is 0 Å². The molecule has 0 unspecified atom stereocenters.